The molecule has 1 aromatic heterocycles. The molecule has 2 aromatic carbocycles. The molecule has 24 heavy (non-hydrogen) atoms. The minimum absolute atomic E-state index is 0.158. The van der Waals surface area contributed by atoms with Gasteiger partial charge in [0.2, 0.25) is 5.91 Å². The van der Waals surface area contributed by atoms with Crippen molar-refractivity contribution in [1.82, 2.24) is 0 Å². The van der Waals surface area contributed by atoms with Crippen LogP contribution in [0.1, 0.15) is 22.2 Å². The highest BCUT2D eigenvalue weighted by atomic mass is 35.5. The minimum Gasteiger partial charge on any atom is -0.326 e. The van der Waals surface area contributed by atoms with Gasteiger partial charge >= 0.3 is 0 Å². The predicted molar refractivity (Wildman–Crippen MR) is 100 cm³/mol. The Kier molecular flexibility index (Phi) is 4.55. The molecule has 1 heterocycles. The highest BCUT2D eigenvalue weighted by Gasteiger charge is 2.17. The molecule has 4 nitrogen and oxygen atoms in total. The first-order chi connectivity index (χ1) is 11.5. The van der Waals surface area contributed by atoms with Crippen molar-refractivity contribution in [2.75, 3.05) is 10.6 Å². The van der Waals surface area contributed by atoms with Crippen LogP contribution < -0.4 is 10.6 Å². The van der Waals surface area contributed by atoms with E-state index in [2.05, 4.69) is 10.6 Å². The summed E-state index contributed by atoms with van der Waals surface area (Å²) in [5.74, 6) is -0.423. The average Bonchev–Trinajstić information content (AvgIpc) is 2.88. The number of carbonyl (C=O) groups is 2. The molecule has 3 rings (SSSR count). The first-order valence-corrected chi connectivity index (χ1v) is 8.52. The number of anilines is 2. The van der Waals surface area contributed by atoms with Crippen LogP contribution in [0.15, 0.2) is 42.5 Å². The fourth-order valence-corrected chi connectivity index (χ4v) is 3.78. The number of nitrogens with one attached hydrogen (secondary N) is 2. The van der Waals surface area contributed by atoms with E-state index in [1.807, 2.05) is 37.3 Å². The Bertz CT molecular complexity index is 949. The summed E-state index contributed by atoms with van der Waals surface area (Å²) in [4.78, 5) is 24.3. The zero-order valence-electron chi connectivity index (χ0n) is 13.1. The SMILES string of the molecule is CC(=O)Nc1cc(NC(=O)c2sc3ccccc3c2Cl)ccc1C. The van der Waals surface area contributed by atoms with Gasteiger partial charge in [-0.15, -0.1) is 11.3 Å². The second-order valence-electron chi connectivity index (χ2n) is 5.41. The Labute approximate surface area is 148 Å². The second kappa shape index (κ2) is 6.63. The summed E-state index contributed by atoms with van der Waals surface area (Å²) < 4.78 is 0.968. The molecule has 0 unspecified atom stereocenters. The number of aryl methyl sites for hydroxylation is 1. The molecule has 3 aromatic rings. The lowest BCUT2D eigenvalue weighted by atomic mass is 10.1. The Morgan fingerprint density at radius 3 is 2.54 bits per heavy atom. The van der Waals surface area contributed by atoms with Crippen molar-refractivity contribution in [1.29, 1.82) is 0 Å². The van der Waals surface area contributed by atoms with Gasteiger partial charge in [-0.25, -0.2) is 0 Å². The van der Waals surface area contributed by atoms with Gasteiger partial charge in [-0.3, -0.25) is 9.59 Å². The van der Waals surface area contributed by atoms with E-state index in [4.69, 9.17) is 11.6 Å². The molecule has 2 amide bonds. The van der Waals surface area contributed by atoms with Crippen LogP contribution in [0, 0.1) is 6.92 Å². The topological polar surface area (TPSA) is 58.2 Å². The van der Waals surface area contributed by atoms with Crippen LogP contribution >= 0.6 is 22.9 Å². The number of halogens is 1. The molecule has 122 valence electrons. The van der Waals surface area contributed by atoms with Crippen molar-refractivity contribution >= 4 is 56.2 Å². The smallest absolute Gasteiger partial charge is 0.267 e. The normalized spacial score (nSPS) is 10.6. The van der Waals surface area contributed by atoms with Gasteiger partial charge in [0.25, 0.3) is 5.91 Å². The third-order valence-corrected chi connectivity index (χ3v) is 5.22. The first-order valence-electron chi connectivity index (χ1n) is 7.32. The van der Waals surface area contributed by atoms with Crippen LogP contribution in [0.5, 0.6) is 0 Å². The lowest BCUT2D eigenvalue weighted by Crippen LogP contribution is -2.12. The maximum Gasteiger partial charge on any atom is 0.267 e. The highest BCUT2D eigenvalue weighted by molar-refractivity contribution is 7.21. The Hall–Kier alpha value is -2.37. The highest BCUT2D eigenvalue weighted by Crippen LogP contribution is 2.35. The van der Waals surface area contributed by atoms with Gasteiger partial charge in [-0.05, 0) is 30.7 Å². The number of thiophene rings is 1. The van der Waals surface area contributed by atoms with Crippen LogP contribution in [0.4, 0.5) is 11.4 Å². The molecule has 0 atom stereocenters. The van der Waals surface area contributed by atoms with Crippen LogP contribution in [-0.2, 0) is 4.79 Å². The summed E-state index contributed by atoms with van der Waals surface area (Å²) in [6, 6.07) is 13.0. The molecule has 6 heteroatoms. The van der Waals surface area contributed by atoms with Gasteiger partial charge in [0.15, 0.2) is 0 Å². The summed E-state index contributed by atoms with van der Waals surface area (Å²) in [7, 11) is 0. The van der Waals surface area contributed by atoms with Crippen LogP contribution in [-0.4, -0.2) is 11.8 Å². The number of benzene rings is 2. The third kappa shape index (κ3) is 3.27. The van der Waals surface area contributed by atoms with Crippen molar-refractivity contribution in [2.24, 2.45) is 0 Å². The molecule has 0 saturated heterocycles. The van der Waals surface area contributed by atoms with E-state index in [1.165, 1.54) is 18.3 Å². The van der Waals surface area contributed by atoms with Gasteiger partial charge in [0.1, 0.15) is 4.88 Å². The van der Waals surface area contributed by atoms with E-state index in [0.717, 1.165) is 15.6 Å². The molecule has 0 aliphatic carbocycles. The van der Waals surface area contributed by atoms with Crippen LogP contribution in [0.3, 0.4) is 0 Å². The molecule has 0 fully saturated rings. The van der Waals surface area contributed by atoms with Crippen molar-refractivity contribution in [3.8, 4) is 0 Å². The standard InChI is InChI=1S/C18H15ClN2O2S/c1-10-7-8-12(9-14(10)20-11(2)22)21-18(23)17-16(19)13-5-3-4-6-15(13)24-17/h3-9H,1-2H3,(H,20,22)(H,21,23). The Balaban J connectivity index is 1.89. The Morgan fingerprint density at radius 2 is 1.83 bits per heavy atom. The molecule has 0 aliphatic heterocycles. The Morgan fingerprint density at radius 1 is 1.08 bits per heavy atom. The molecule has 0 aliphatic rings. The van der Waals surface area contributed by atoms with Crippen molar-refractivity contribution in [3.05, 3.63) is 57.9 Å². The van der Waals surface area contributed by atoms with Gasteiger partial charge in [0.05, 0.1) is 5.02 Å². The van der Waals surface area contributed by atoms with E-state index in [-0.39, 0.29) is 11.8 Å². The van der Waals surface area contributed by atoms with E-state index < -0.39 is 0 Å². The predicted octanol–water partition coefficient (Wildman–Crippen LogP) is 5.07. The molecule has 0 saturated carbocycles. The van der Waals surface area contributed by atoms with Crippen molar-refractivity contribution < 1.29 is 9.59 Å². The van der Waals surface area contributed by atoms with Gasteiger partial charge in [-0.1, -0.05) is 35.9 Å². The summed E-state index contributed by atoms with van der Waals surface area (Å²) in [6.45, 7) is 3.33. The molecule has 0 radical (unpaired) electrons. The lowest BCUT2D eigenvalue weighted by Gasteiger charge is -2.10. The van der Waals surface area contributed by atoms with Gasteiger partial charge in [-0.2, -0.15) is 0 Å². The number of fused-ring (bicyclic) bond motifs is 1. The molecular formula is C18H15ClN2O2S. The average molecular weight is 359 g/mol. The number of hydrogen-bond acceptors (Lipinski definition) is 3. The van der Waals surface area contributed by atoms with Crippen molar-refractivity contribution in [3.63, 3.8) is 0 Å². The molecule has 0 bridgehead atoms. The second-order valence-corrected chi connectivity index (χ2v) is 6.84. The van der Waals surface area contributed by atoms with E-state index in [0.29, 0.717) is 21.3 Å². The summed E-state index contributed by atoms with van der Waals surface area (Å²) in [6.07, 6.45) is 0. The quantitative estimate of drug-likeness (QED) is 0.686. The largest absolute Gasteiger partial charge is 0.326 e. The van der Waals surface area contributed by atoms with Crippen LogP contribution in [0.2, 0.25) is 5.02 Å². The van der Waals surface area contributed by atoms with E-state index in [9.17, 15) is 9.59 Å². The third-order valence-electron chi connectivity index (χ3n) is 3.55. The summed E-state index contributed by atoms with van der Waals surface area (Å²) in [5, 5.41) is 6.92. The van der Waals surface area contributed by atoms with Crippen molar-refractivity contribution in [2.45, 2.75) is 13.8 Å². The number of carbonyl (C=O) groups excluding carboxylic acids is 2. The number of rotatable bonds is 3. The zero-order chi connectivity index (χ0) is 17.3. The maximum atomic E-state index is 12.6. The molecule has 2 N–H and O–H groups in total. The van der Waals surface area contributed by atoms with E-state index in [1.54, 1.807) is 12.1 Å². The number of hydrogen-bond donors (Lipinski definition) is 2. The van der Waals surface area contributed by atoms with Crippen LogP contribution in [0.25, 0.3) is 10.1 Å². The fourth-order valence-electron chi connectivity index (χ4n) is 2.37. The van der Waals surface area contributed by atoms with E-state index >= 15 is 0 Å². The molecule has 0 spiro atoms. The van der Waals surface area contributed by atoms with Gasteiger partial charge in [0, 0.05) is 28.4 Å². The lowest BCUT2D eigenvalue weighted by molar-refractivity contribution is -0.114. The molecular weight excluding hydrogens is 344 g/mol. The maximum absolute atomic E-state index is 12.6. The summed E-state index contributed by atoms with van der Waals surface area (Å²) in [5.41, 5.74) is 2.19. The fraction of sp³-hybridized carbons (Fsp3) is 0.111. The van der Waals surface area contributed by atoms with Gasteiger partial charge < -0.3 is 10.6 Å². The summed E-state index contributed by atoms with van der Waals surface area (Å²) >= 11 is 7.69. The minimum atomic E-state index is -0.265. The monoisotopic (exact) mass is 358 g/mol. The zero-order valence-corrected chi connectivity index (χ0v) is 14.7. The first kappa shape index (κ1) is 16.5. The number of amides is 2.